The third kappa shape index (κ3) is 6.81. The second-order valence-corrected chi connectivity index (χ2v) is 7.27. The molecule has 13 heteroatoms. The number of nitrogens with two attached hydrogens (primary N) is 1. The van der Waals surface area contributed by atoms with Gasteiger partial charge in [-0.25, -0.2) is 4.98 Å². The number of aromatic nitrogens is 2. The lowest BCUT2D eigenvalue weighted by atomic mass is 10.1. The molecular weight excluding hydrogens is 457 g/mol. The number of rotatable bonds is 9. The molecule has 0 saturated carbocycles. The van der Waals surface area contributed by atoms with Crippen molar-refractivity contribution in [1.29, 1.82) is 0 Å². The molecule has 1 aliphatic rings. The Morgan fingerprint density at radius 1 is 1.26 bits per heavy atom. The second kappa shape index (κ2) is 10.8. The Morgan fingerprint density at radius 2 is 2.00 bits per heavy atom. The summed E-state index contributed by atoms with van der Waals surface area (Å²) in [6.07, 6.45) is -1.74. The summed E-state index contributed by atoms with van der Waals surface area (Å²) in [6, 6.07) is 4.04. The number of ether oxygens (including phenoxy) is 2. The summed E-state index contributed by atoms with van der Waals surface area (Å²) < 4.78 is 51.4. The van der Waals surface area contributed by atoms with Crippen molar-refractivity contribution in [2.75, 3.05) is 35.8 Å². The summed E-state index contributed by atoms with van der Waals surface area (Å²) in [6.45, 7) is 3.99. The minimum absolute atomic E-state index is 0.0143. The molecule has 5 N–H and O–H groups in total. The van der Waals surface area contributed by atoms with Crippen LogP contribution in [0.25, 0.3) is 0 Å². The molecule has 1 aliphatic heterocycles. The molecule has 1 fully saturated rings. The van der Waals surface area contributed by atoms with E-state index in [4.69, 9.17) is 15.2 Å². The van der Waals surface area contributed by atoms with Gasteiger partial charge in [-0.1, -0.05) is 6.58 Å². The van der Waals surface area contributed by atoms with Crippen molar-refractivity contribution in [3.8, 4) is 5.75 Å². The van der Waals surface area contributed by atoms with Gasteiger partial charge in [0.1, 0.15) is 17.1 Å². The highest BCUT2D eigenvalue weighted by atomic mass is 19.4. The number of carbonyl (C=O) groups is 2. The lowest BCUT2D eigenvalue weighted by Crippen LogP contribution is -2.29. The number of halogens is 3. The van der Waals surface area contributed by atoms with E-state index in [1.54, 1.807) is 0 Å². The summed E-state index contributed by atoms with van der Waals surface area (Å²) in [7, 11) is 0. The van der Waals surface area contributed by atoms with Crippen LogP contribution in [0.15, 0.2) is 37.1 Å². The largest absolute Gasteiger partial charge is 0.484 e. The molecule has 2 aromatic rings. The van der Waals surface area contributed by atoms with E-state index >= 15 is 0 Å². The first-order valence-electron chi connectivity index (χ1n) is 10.2. The zero-order valence-electron chi connectivity index (χ0n) is 17.9. The molecule has 0 aliphatic carbocycles. The molecule has 2 heterocycles. The maximum atomic E-state index is 13.6. The van der Waals surface area contributed by atoms with Gasteiger partial charge >= 0.3 is 6.18 Å². The molecule has 0 atom stereocenters. The summed E-state index contributed by atoms with van der Waals surface area (Å²) in [5.74, 6) is -1.68. The topological polar surface area (TPSA) is 140 Å². The Hall–Kier alpha value is -3.87. The number of alkyl halides is 3. The number of primary amides is 1. The molecule has 1 aromatic carbocycles. The van der Waals surface area contributed by atoms with Crippen molar-refractivity contribution < 1.29 is 32.2 Å². The molecule has 182 valence electrons. The van der Waals surface area contributed by atoms with E-state index in [0.29, 0.717) is 32.3 Å². The first-order valence-corrected chi connectivity index (χ1v) is 10.2. The maximum Gasteiger partial charge on any atom is 0.421 e. The van der Waals surface area contributed by atoms with Crippen molar-refractivity contribution >= 4 is 35.0 Å². The molecule has 10 nitrogen and oxygen atoms in total. The number of anilines is 4. The second-order valence-electron chi connectivity index (χ2n) is 7.27. The molecule has 0 spiro atoms. The van der Waals surface area contributed by atoms with E-state index < -0.39 is 36.0 Å². The highest BCUT2D eigenvalue weighted by Gasteiger charge is 2.35. The maximum absolute atomic E-state index is 13.6. The van der Waals surface area contributed by atoms with E-state index in [0.717, 1.165) is 6.08 Å². The number of nitrogens with zero attached hydrogens (tertiary/aromatic N) is 2. The monoisotopic (exact) mass is 480 g/mol. The van der Waals surface area contributed by atoms with Crippen LogP contribution in [-0.4, -0.2) is 47.6 Å². The van der Waals surface area contributed by atoms with Crippen molar-refractivity contribution in [1.82, 2.24) is 9.97 Å². The molecule has 0 radical (unpaired) electrons. The van der Waals surface area contributed by atoms with Gasteiger partial charge in [-0.2, -0.15) is 18.2 Å². The minimum atomic E-state index is -4.74. The van der Waals surface area contributed by atoms with Gasteiger partial charge in [-0.05, 0) is 31.1 Å². The molecule has 2 amide bonds. The Kier molecular flexibility index (Phi) is 7.89. The number of hydrogen-bond acceptors (Lipinski definition) is 8. The van der Waals surface area contributed by atoms with Crippen LogP contribution in [0.4, 0.5) is 36.3 Å². The number of carbonyl (C=O) groups excluding carboxylic acids is 2. The highest BCUT2D eigenvalue weighted by Crippen LogP contribution is 2.37. The Balaban J connectivity index is 1.94. The van der Waals surface area contributed by atoms with Crippen molar-refractivity contribution in [3.05, 3.63) is 42.6 Å². The van der Waals surface area contributed by atoms with Crippen LogP contribution >= 0.6 is 0 Å². The van der Waals surface area contributed by atoms with Crippen LogP contribution in [0, 0.1) is 0 Å². The summed E-state index contributed by atoms with van der Waals surface area (Å²) in [4.78, 5) is 30.7. The fourth-order valence-corrected chi connectivity index (χ4v) is 3.07. The van der Waals surface area contributed by atoms with Gasteiger partial charge < -0.3 is 31.2 Å². The molecule has 1 saturated heterocycles. The van der Waals surface area contributed by atoms with Crippen LogP contribution in [0.1, 0.15) is 18.4 Å². The standard InChI is InChI=1S/C21H23F3N6O4/c1-2-18(32)28-16-9-13(34-11-17(25)31)3-4-15(16)29-19-14(21(22,23)24)10-26-20(30-19)27-12-5-7-33-8-6-12/h2-4,9-10,12H,1,5-8,11H2,(H2,25,31)(H,28,32)(H2,26,27,29,30). The zero-order chi connectivity index (χ0) is 24.7. The Bertz CT molecular complexity index is 1060. The van der Waals surface area contributed by atoms with E-state index in [2.05, 4.69) is 32.5 Å². The molecule has 1 aromatic heterocycles. The third-order valence-corrected chi connectivity index (χ3v) is 4.72. The quantitative estimate of drug-likeness (QED) is 0.402. The lowest BCUT2D eigenvalue weighted by Gasteiger charge is -2.24. The van der Waals surface area contributed by atoms with Gasteiger partial charge in [0.25, 0.3) is 5.91 Å². The zero-order valence-corrected chi connectivity index (χ0v) is 17.9. The summed E-state index contributed by atoms with van der Waals surface area (Å²) >= 11 is 0. The Morgan fingerprint density at radius 3 is 2.65 bits per heavy atom. The fourth-order valence-electron chi connectivity index (χ4n) is 3.07. The van der Waals surface area contributed by atoms with Crippen molar-refractivity contribution in [2.24, 2.45) is 5.73 Å². The average Bonchev–Trinajstić information content (AvgIpc) is 2.79. The van der Waals surface area contributed by atoms with Gasteiger partial charge in [0.05, 0.1) is 11.4 Å². The third-order valence-electron chi connectivity index (χ3n) is 4.72. The number of benzene rings is 1. The lowest BCUT2D eigenvalue weighted by molar-refractivity contribution is -0.137. The highest BCUT2D eigenvalue weighted by molar-refractivity contribution is 6.01. The molecule has 34 heavy (non-hydrogen) atoms. The summed E-state index contributed by atoms with van der Waals surface area (Å²) in [5, 5.41) is 8.11. The van der Waals surface area contributed by atoms with Gasteiger partial charge in [0.15, 0.2) is 6.61 Å². The van der Waals surface area contributed by atoms with E-state index in [9.17, 15) is 22.8 Å². The first-order chi connectivity index (χ1) is 16.2. The number of nitrogens with one attached hydrogen (secondary N) is 3. The fraction of sp³-hybridized carbons (Fsp3) is 0.333. The van der Waals surface area contributed by atoms with E-state index in [1.165, 1.54) is 18.2 Å². The SMILES string of the molecule is C=CC(=O)Nc1cc(OCC(N)=O)ccc1Nc1nc(NC2CCOCC2)ncc1C(F)(F)F. The minimum Gasteiger partial charge on any atom is -0.484 e. The van der Waals surface area contributed by atoms with Crippen LogP contribution in [0.3, 0.4) is 0 Å². The Labute approximate surface area is 192 Å². The van der Waals surface area contributed by atoms with Gasteiger partial charge in [0.2, 0.25) is 11.9 Å². The van der Waals surface area contributed by atoms with Gasteiger partial charge in [-0.15, -0.1) is 0 Å². The van der Waals surface area contributed by atoms with Crippen molar-refractivity contribution in [3.63, 3.8) is 0 Å². The van der Waals surface area contributed by atoms with E-state index in [-0.39, 0.29) is 29.1 Å². The first kappa shape index (κ1) is 24.8. The molecule has 0 unspecified atom stereocenters. The molecule has 0 bridgehead atoms. The van der Waals surface area contributed by atoms with Crippen molar-refractivity contribution in [2.45, 2.75) is 25.1 Å². The predicted octanol–water partition coefficient (Wildman–Crippen LogP) is 2.82. The average molecular weight is 480 g/mol. The van der Waals surface area contributed by atoms with Gasteiger partial charge in [-0.3, -0.25) is 9.59 Å². The van der Waals surface area contributed by atoms with E-state index in [1.807, 2.05) is 0 Å². The van der Waals surface area contributed by atoms with Crippen LogP contribution in [-0.2, 0) is 20.5 Å². The van der Waals surface area contributed by atoms with Crippen LogP contribution in [0.5, 0.6) is 5.75 Å². The van der Waals surface area contributed by atoms with Gasteiger partial charge in [0, 0.05) is 31.5 Å². The number of hydrogen-bond donors (Lipinski definition) is 4. The smallest absolute Gasteiger partial charge is 0.421 e. The normalized spacial score (nSPS) is 14.2. The van der Waals surface area contributed by atoms with Crippen LogP contribution < -0.4 is 26.4 Å². The molecular formula is C21H23F3N6O4. The number of amides is 2. The molecule has 3 rings (SSSR count). The van der Waals surface area contributed by atoms with Crippen LogP contribution in [0.2, 0.25) is 0 Å². The summed E-state index contributed by atoms with van der Waals surface area (Å²) in [5.41, 5.74) is 4.11. The predicted molar refractivity (Wildman–Crippen MR) is 118 cm³/mol.